The minimum atomic E-state index is -0.593. The quantitative estimate of drug-likeness (QED) is 0.858. The fourth-order valence-corrected chi connectivity index (χ4v) is 3.44. The Kier molecular flexibility index (Phi) is 3.57. The number of rotatable bonds is 2. The van der Waals surface area contributed by atoms with E-state index in [-0.39, 0.29) is 11.5 Å². The van der Waals surface area contributed by atoms with E-state index in [9.17, 15) is 5.11 Å². The van der Waals surface area contributed by atoms with Crippen molar-refractivity contribution in [2.45, 2.75) is 48.7 Å². The lowest BCUT2D eigenvalue weighted by atomic mass is 9.93. The van der Waals surface area contributed by atoms with Crippen LogP contribution < -0.4 is 0 Å². The zero-order valence-electron chi connectivity index (χ0n) is 9.72. The van der Waals surface area contributed by atoms with Crippen molar-refractivity contribution in [2.75, 3.05) is 0 Å². The zero-order chi connectivity index (χ0) is 11.6. The van der Waals surface area contributed by atoms with E-state index in [4.69, 9.17) is 4.74 Å². The standard InChI is InChI=1S/C13H18O2S/c1-10-8-13(2,14)9-12(15-10)16-11-6-4-3-5-7-11/h3-7,10,12,14H,8-9H2,1-2H3. The molecule has 1 aliphatic heterocycles. The maximum atomic E-state index is 10.1. The minimum absolute atomic E-state index is 0.0566. The average Bonchev–Trinajstić information content (AvgIpc) is 2.15. The number of hydrogen-bond donors (Lipinski definition) is 1. The van der Waals surface area contributed by atoms with E-state index >= 15 is 0 Å². The van der Waals surface area contributed by atoms with Crippen LogP contribution in [-0.4, -0.2) is 22.2 Å². The van der Waals surface area contributed by atoms with Crippen LogP contribution >= 0.6 is 11.8 Å². The van der Waals surface area contributed by atoms with Gasteiger partial charge in [-0.1, -0.05) is 30.0 Å². The largest absolute Gasteiger partial charge is 0.390 e. The third-order valence-corrected chi connectivity index (χ3v) is 3.81. The van der Waals surface area contributed by atoms with Crippen molar-refractivity contribution in [3.05, 3.63) is 30.3 Å². The fourth-order valence-electron chi connectivity index (χ4n) is 2.14. The van der Waals surface area contributed by atoms with Crippen molar-refractivity contribution in [3.63, 3.8) is 0 Å². The molecule has 0 spiro atoms. The summed E-state index contributed by atoms with van der Waals surface area (Å²) in [5, 5.41) is 10.1. The predicted molar refractivity (Wildman–Crippen MR) is 66.5 cm³/mol. The number of hydrogen-bond acceptors (Lipinski definition) is 3. The van der Waals surface area contributed by atoms with Crippen molar-refractivity contribution in [1.82, 2.24) is 0 Å². The molecule has 1 aliphatic rings. The lowest BCUT2D eigenvalue weighted by Crippen LogP contribution is -2.40. The van der Waals surface area contributed by atoms with Gasteiger partial charge in [0.1, 0.15) is 5.44 Å². The van der Waals surface area contributed by atoms with Gasteiger partial charge in [0.15, 0.2) is 0 Å². The minimum Gasteiger partial charge on any atom is -0.390 e. The molecule has 1 N–H and O–H groups in total. The molecule has 0 aromatic heterocycles. The van der Waals surface area contributed by atoms with Crippen molar-refractivity contribution in [2.24, 2.45) is 0 Å². The van der Waals surface area contributed by atoms with Crippen LogP contribution in [0.15, 0.2) is 35.2 Å². The van der Waals surface area contributed by atoms with Crippen molar-refractivity contribution < 1.29 is 9.84 Å². The molecular formula is C13H18O2S. The molecule has 1 aromatic carbocycles. The van der Waals surface area contributed by atoms with Gasteiger partial charge >= 0.3 is 0 Å². The summed E-state index contributed by atoms with van der Waals surface area (Å²) in [7, 11) is 0. The number of aliphatic hydroxyl groups is 1. The van der Waals surface area contributed by atoms with Crippen LogP contribution in [0.2, 0.25) is 0 Å². The average molecular weight is 238 g/mol. The second-order valence-electron chi connectivity index (χ2n) is 4.71. The van der Waals surface area contributed by atoms with Crippen LogP contribution in [0, 0.1) is 0 Å². The molecule has 1 heterocycles. The molecular weight excluding hydrogens is 220 g/mol. The SMILES string of the molecule is CC1CC(C)(O)CC(Sc2ccccc2)O1. The summed E-state index contributed by atoms with van der Waals surface area (Å²) in [6, 6.07) is 10.2. The van der Waals surface area contributed by atoms with Crippen LogP contribution in [0.3, 0.4) is 0 Å². The smallest absolute Gasteiger partial charge is 0.110 e. The van der Waals surface area contributed by atoms with E-state index in [0.29, 0.717) is 6.42 Å². The van der Waals surface area contributed by atoms with Gasteiger partial charge in [0.2, 0.25) is 0 Å². The highest BCUT2D eigenvalue weighted by Gasteiger charge is 2.34. The van der Waals surface area contributed by atoms with Crippen molar-refractivity contribution >= 4 is 11.8 Å². The third kappa shape index (κ3) is 3.24. The molecule has 1 saturated heterocycles. The Morgan fingerprint density at radius 2 is 2.00 bits per heavy atom. The Morgan fingerprint density at radius 1 is 1.31 bits per heavy atom. The maximum Gasteiger partial charge on any atom is 0.110 e. The molecule has 88 valence electrons. The van der Waals surface area contributed by atoms with E-state index in [1.165, 1.54) is 4.90 Å². The molecule has 0 saturated carbocycles. The third-order valence-electron chi connectivity index (χ3n) is 2.73. The van der Waals surface area contributed by atoms with Crippen LogP contribution in [0.1, 0.15) is 26.7 Å². The second-order valence-corrected chi connectivity index (χ2v) is 5.95. The molecule has 2 rings (SSSR count). The van der Waals surface area contributed by atoms with Gasteiger partial charge in [-0.3, -0.25) is 0 Å². The summed E-state index contributed by atoms with van der Waals surface area (Å²) in [4.78, 5) is 1.19. The topological polar surface area (TPSA) is 29.5 Å². The summed E-state index contributed by atoms with van der Waals surface area (Å²) < 4.78 is 5.83. The Hall–Kier alpha value is -0.510. The van der Waals surface area contributed by atoms with Gasteiger partial charge in [-0.15, -0.1) is 0 Å². The lowest BCUT2D eigenvalue weighted by molar-refractivity contribution is -0.0992. The summed E-state index contributed by atoms with van der Waals surface area (Å²) in [6.07, 6.45) is 1.54. The molecule has 0 radical (unpaired) electrons. The van der Waals surface area contributed by atoms with E-state index < -0.39 is 5.60 Å². The predicted octanol–water partition coefficient (Wildman–Crippen LogP) is 3.05. The summed E-state index contributed by atoms with van der Waals surface area (Å²) in [6.45, 7) is 3.91. The first-order chi connectivity index (χ1) is 7.55. The highest BCUT2D eigenvalue weighted by atomic mass is 32.2. The molecule has 0 bridgehead atoms. The first-order valence-electron chi connectivity index (χ1n) is 5.65. The van der Waals surface area contributed by atoms with E-state index in [1.54, 1.807) is 11.8 Å². The highest BCUT2D eigenvalue weighted by Crippen LogP contribution is 2.36. The normalized spacial score (nSPS) is 34.9. The van der Waals surface area contributed by atoms with Gasteiger partial charge in [0.05, 0.1) is 11.7 Å². The van der Waals surface area contributed by atoms with Gasteiger partial charge in [0, 0.05) is 17.7 Å². The molecule has 2 nitrogen and oxygen atoms in total. The molecule has 0 amide bonds. The Morgan fingerprint density at radius 3 is 2.62 bits per heavy atom. The number of benzene rings is 1. The molecule has 1 fully saturated rings. The van der Waals surface area contributed by atoms with Crippen LogP contribution in [0.4, 0.5) is 0 Å². The Labute approximate surface area is 101 Å². The number of ether oxygens (including phenoxy) is 1. The van der Waals surface area contributed by atoms with Crippen molar-refractivity contribution in [3.8, 4) is 0 Å². The van der Waals surface area contributed by atoms with E-state index in [1.807, 2.05) is 32.0 Å². The van der Waals surface area contributed by atoms with Crippen molar-refractivity contribution in [1.29, 1.82) is 0 Å². The fraction of sp³-hybridized carbons (Fsp3) is 0.538. The zero-order valence-corrected chi connectivity index (χ0v) is 10.5. The van der Waals surface area contributed by atoms with E-state index in [2.05, 4.69) is 12.1 Å². The van der Waals surface area contributed by atoms with Gasteiger partial charge in [-0.25, -0.2) is 0 Å². The summed E-state index contributed by atoms with van der Waals surface area (Å²) in [5.74, 6) is 0. The van der Waals surface area contributed by atoms with Gasteiger partial charge in [0.25, 0.3) is 0 Å². The van der Waals surface area contributed by atoms with Gasteiger partial charge < -0.3 is 9.84 Å². The maximum absolute atomic E-state index is 10.1. The molecule has 0 aliphatic carbocycles. The first-order valence-corrected chi connectivity index (χ1v) is 6.53. The van der Waals surface area contributed by atoms with Crippen LogP contribution in [0.5, 0.6) is 0 Å². The Bertz CT molecular complexity index is 337. The monoisotopic (exact) mass is 238 g/mol. The molecule has 16 heavy (non-hydrogen) atoms. The van der Waals surface area contributed by atoms with E-state index in [0.717, 1.165) is 6.42 Å². The summed E-state index contributed by atoms with van der Waals surface area (Å²) in [5.41, 5.74) is -0.537. The number of thioether (sulfide) groups is 1. The molecule has 1 aromatic rings. The van der Waals surface area contributed by atoms with Crippen LogP contribution in [-0.2, 0) is 4.74 Å². The molecule has 3 heteroatoms. The Balaban J connectivity index is 2.00. The van der Waals surface area contributed by atoms with Gasteiger partial charge in [-0.05, 0) is 26.0 Å². The highest BCUT2D eigenvalue weighted by molar-refractivity contribution is 7.99. The lowest BCUT2D eigenvalue weighted by Gasteiger charge is -2.37. The summed E-state index contributed by atoms with van der Waals surface area (Å²) >= 11 is 1.69. The first kappa shape index (κ1) is 12.0. The molecule has 3 unspecified atom stereocenters. The molecule has 3 atom stereocenters. The second kappa shape index (κ2) is 4.78. The van der Waals surface area contributed by atoms with Gasteiger partial charge in [-0.2, -0.15) is 0 Å². The van der Waals surface area contributed by atoms with Crippen LogP contribution in [0.25, 0.3) is 0 Å².